The van der Waals surface area contributed by atoms with E-state index in [-0.39, 0.29) is 24.8 Å². The Morgan fingerprint density at radius 3 is 2.31 bits per heavy atom. The molecule has 9 heteroatoms. The largest absolute Gasteiger partial charge is 0.390 e. The van der Waals surface area contributed by atoms with Crippen molar-refractivity contribution in [1.29, 1.82) is 0 Å². The maximum Gasteiger partial charge on any atom is 0.193 e. The van der Waals surface area contributed by atoms with Gasteiger partial charge in [-0.15, -0.1) is 0 Å². The maximum absolute atomic E-state index is 17.6. The molecule has 7 rings (SSSR count). The van der Waals surface area contributed by atoms with Gasteiger partial charge in [-0.2, -0.15) is 0 Å². The lowest BCUT2D eigenvalue weighted by atomic mass is 9.44. The van der Waals surface area contributed by atoms with E-state index in [4.69, 9.17) is 9.47 Å². The molecule has 10 atom stereocenters. The van der Waals surface area contributed by atoms with Crippen LogP contribution in [0, 0.1) is 29.6 Å². The van der Waals surface area contributed by atoms with E-state index in [1.54, 1.807) is 32.5 Å². The molecule has 1 saturated heterocycles. The zero-order valence-electron chi connectivity index (χ0n) is 25.8. The van der Waals surface area contributed by atoms with Crippen LogP contribution < -0.4 is 0 Å². The number of alkyl halides is 2. The Morgan fingerprint density at radius 1 is 1.02 bits per heavy atom. The van der Waals surface area contributed by atoms with Gasteiger partial charge in [0, 0.05) is 32.1 Å². The van der Waals surface area contributed by atoms with Crippen molar-refractivity contribution in [3.8, 4) is 0 Å². The second-order valence-corrected chi connectivity index (χ2v) is 15.2. The van der Waals surface area contributed by atoms with Crippen molar-refractivity contribution >= 4 is 23.3 Å². The number of benzene rings is 2. The highest BCUT2D eigenvalue weighted by molar-refractivity contribution is 7.99. The van der Waals surface area contributed by atoms with Gasteiger partial charge in [-0.25, -0.2) is 8.78 Å². The third-order valence-electron chi connectivity index (χ3n) is 11.7. The molecule has 3 saturated carbocycles. The van der Waals surface area contributed by atoms with Crippen LogP contribution in [0.2, 0.25) is 0 Å². The summed E-state index contributed by atoms with van der Waals surface area (Å²) in [6.45, 7) is 6.27. The normalized spacial score (nSPS) is 43.2. The number of rotatable bonds is 5. The van der Waals surface area contributed by atoms with Crippen molar-refractivity contribution in [3.05, 3.63) is 83.5 Å². The molecule has 45 heavy (non-hydrogen) atoms. The number of aryl methyl sites for hydroxylation is 1. The number of aliphatic hydroxyl groups is 2. The molecule has 1 heterocycles. The maximum atomic E-state index is 17.6. The minimum atomic E-state index is -2.29. The smallest absolute Gasteiger partial charge is 0.193 e. The molecule has 5 aliphatic rings. The van der Waals surface area contributed by atoms with Crippen LogP contribution in [-0.2, 0) is 24.8 Å². The van der Waals surface area contributed by atoms with Crippen LogP contribution in [0.1, 0.15) is 51.2 Å². The molecule has 0 spiro atoms. The third kappa shape index (κ3) is 4.07. The van der Waals surface area contributed by atoms with Crippen LogP contribution in [0.15, 0.2) is 82.1 Å². The summed E-state index contributed by atoms with van der Waals surface area (Å²) in [6, 6.07) is 15.9. The average Bonchev–Trinajstić information content (AvgIpc) is 3.45. The van der Waals surface area contributed by atoms with Crippen LogP contribution in [0.5, 0.6) is 0 Å². The van der Waals surface area contributed by atoms with Crippen molar-refractivity contribution < 1.29 is 38.1 Å². The molecule has 2 aromatic rings. The minimum absolute atomic E-state index is 0.0415. The lowest BCUT2D eigenvalue weighted by molar-refractivity contribution is -0.256. The van der Waals surface area contributed by atoms with E-state index in [1.165, 1.54) is 17.7 Å². The Labute approximate surface area is 265 Å². The number of hydrogen-bond donors (Lipinski definition) is 2. The van der Waals surface area contributed by atoms with E-state index >= 15 is 8.78 Å². The number of allylic oxidation sites excluding steroid dienone is 4. The summed E-state index contributed by atoms with van der Waals surface area (Å²) in [5, 5.41) is 22.0. The summed E-state index contributed by atoms with van der Waals surface area (Å²) in [6.07, 6.45) is -0.492. The number of halogens is 2. The van der Waals surface area contributed by atoms with E-state index in [0.29, 0.717) is 5.56 Å². The average molecular weight is 637 g/mol. The molecule has 0 radical (unpaired) electrons. The van der Waals surface area contributed by atoms with Gasteiger partial charge in [0.2, 0.25) is 0 Å². The highest BCUT2D eigenvalue weighted by Gasteiger charge is 2.81. The van der Waals surface area contributed by atoms with Crippen molar-refractivity contribution in [2.24, 2.45) is 22.7 Å². The number of ketones is 2. The first-order valence-electron chi connectivity index (χ1n) is 15.6. The van der Waals surface area contributed by atoms with Crippen molar-refractivity contribution in [3.63, 3.8) is 0 Å². The molecule has 2 N–H and O–H groups in total. The fourth-order valence-corrected chi connectivity index (χ4v) is 10.3. The van der Waals surface area contributed by atoms with Gasteiger partial charge in [-0.05, 0) is 87.9 Å². The van der Waals surface area contributed by atoms with Crippen LogP contribution in [0.4, 0.5) is 8.78 Å². The van der Waals surface area contributed by atoms with Crippen LogP contribution in [0.25, 0.3) is 0 Å². The Kier molecular flexibility index (Phi) is 6.98. The Bertz CT molecular complexity index is 1620. The van der Waals surface area contributed by atoms with Gasteiger partial charge in [0.1, 0.15) is 12.8 Å². The van der Waals surface area contributed by atoms with Crippen molar-refractivity contribution in [1.82, 2.24) is 0 Å². The molecular weight excluding hydrogens is 598 g/mol. The Balaban J connectivity index is 1.23. The molecule has 2 aromatic carbocycles. The molecule has 0 unspecified atom stereocenters. The van der Waals surface area contributed by atoms with Gasteiger partial charge in [0.15, 0.2) is 28.6 Å². The van der Waals surface area contributed by atoms with Gasteiger partial charge >= 0.3 is 0 Å². The van der Waals surface area contributed by atoms with E-state index in [0.717, 1.165) is 15.9 Å². The van der Waals surface area contributed by atoms with E-state index in [2.05, 4.69) is 24.3 Å². The highest BCUT2D eigenvalue weighted by atomic mass is 32.2. The van der Waals surface area contributed by atoms with E-state index in [9.17, 15) is 19.8 Å². The zero-order chi connectivity index (χ0) is 32.2. The number of Topliss-reactive ketones (excluding diaryl/α,β-unsaturated/α-hetero) is 1. The Hall–Kier alpha value is -2.69. The second-order valence-electron chi connectivity index (χ2n) is 14.0. The van der Waals surface area contributed by atoms with E-state index in [1.807, 2.05) is 31.2 Å². The standard InChI is InChI=1S/C36H38F2O6S/c1-20-5-9-23(10-6-20)45-24-11-7-21(8-12-24)34(4)43-31-17-25-26-16-28(37)27-15-22(40)13-14-32(27,2)35(26,38)29(41)18-33(25,3)36(31,44-34)30(42)19-39/h5-15,25-26,28-29,31,39,41H,16-19H2,1-4H3/t25-,26-,28-,29-,31+,32-,33-,34+,35-,36+/m0/s1. The third-order valence-corrected chi connectivity index (χ3v) is 12.7. The first-order chi connectivity index (χ1) is 21.2. The van der Waals surface area contributed by atoms with Crippen LogP contribution >= 0.6 is 11.8 Å². The van der Waals surface area contributed by atoms with Crippen LogP contribution in [0.3, 0.4) is 0 Å². The highest BCUT2D eigenvalue weighted by Crippen LogP contribution is 2.73. The quantitative estimate of drug-likeness (QED) is 0.418. The number of fused-ring (bicyclic) bond motifs is 7. The summed E-state index contributed by atoms with van der Waals surface area (Å²) in [5.74, 6) is -3.98. The molecule has 238 valence electrons. The molecular formula is C36H38F2O6S. The fraction of sp³-hybridized carbons (Fsp3) is 0.500. The summed E-state index contributed by atoms with van der Waals surface area (Å²) >= 11 is 1.61. The number of ether oxygens (including phenoxy) is 2. The molecule has 1 aliphatic heterocycles. The Morgan fingerprint density at radius 2 is 1.67 bits per heavy atom. The number of carbonyl (C=O) groups excluding carboxylic acids is 2. The fourth-order valence-electron chi connectivity index (χ4n) is 9.46. The molecule has 0 amide bonds. The molecule has 4 fully saturated rings. The predicted octanol–water partition coefficient (Wildman–Crippen LogP) is 5.96. The number of hydrogen-bond acceptors (Lipinski definition) is 7. The molecule has 4 aliphatic carbocycles. The lowest BCUT2D eigenvalue weighted by Gasteiger charge is -2.63. The molecule has 6 nitrogen and oxygen atoms in total. The first-order valence-corrected chi connectivity index (χ1v) is 16.4. The second kappa shape index (κ2) is 10.2. The van der Waals surface area contributed by atoms with Gasteiger partial charge < -0.3 is 19.7 Å². The van der Waals surface area contributed by atoms with Crippen molar-refractivity contribution in [2.45, 2.75) is 92.2 Å². The SMILES string of the molecule is Cc1ccc(Sc2ccc([C@]3(C)O[C@@H]4C[C@H]5[C@@H]6C[C@H](F)C7=CC(=O)C=C[C@]7(C)[C@@]6(F)[C@@H](O)C[C@]5(C)[C@]4(C(=O)CO)O3)cc2)cc1. The van der Waals surface area contributed by atoms with Gasteiger partial charge in [-0.1, -0.05) is 54.6 Å². The monoisotopic (exact) mass is 636 g/mol. The topological polar surface area (TPSA) is 93.1 Å². The summed E-state index contributed by atoms with van der Waals surface area (Å²) in [5.41, 5.74) is -4.81. The lowest BCUT2D eigenvalue weighted by Crippen LogP contribution is -2.71. The molecule has 0 bridgehead atoms. The summed E-state index contributed by atoms with van der Waals surface area (Å²) < 4.78 is 46.8. The minimum Gasteiger partial charge on any atom is -0.390 e. The summed E-state index contributed by atoms with van der Waals surface area (Å²) in [4.78, 5) is 28.1. The van der Waals surface area contributed by atoms with Gasteiger partial charge in [0.25, 0.3) is 0 Å². The summed E-state index contributed by atoms with van der Waals surface area (Å²) in [7, 11) is 0. The molecule has 0 aromatic heterocycles. The number of aliphatic hydroxyl groups excluding tert-OH is 2. The predicted molar refractivity (Wildman–Crippen MR) is 164 cm³/mol. The van der Waals surface area contributed by atoms with Gasteiger partial charge in [-0.3, -0.25) is 9.59 Å². The first kappa shape index (κ1) is 30.9. The number of carbonyl (C=O) groups is 2. The van der Waals surface area contributed by atoms with Gasteiger partial charge in [0.05, 0.1) is 12.2 Å². The van der Waals surface area contributed by atoms with Crippen molar-refractivity contribution in [2.75, 3.05) is 6.61 Å². The van der Waals surface area contributed by atoms with Crippen LogP contribution in [-0.4, -0.2) is 58.0 Å². The van der Waals surface area contributed by atoms with E-state index < -0.39 is 76.3 Å². The zero-order valence-corrected chi connectivity index (χ0v) is 26.6.